The Bertz CT molecular complexity index is 1120. The molecule has 150 valence electrons. The zero-order valence-corrected chi connectivity index (χ0v) is 17.1. The van der Waals surface area contributed by atoms with Crippen molar-refractivity contribution in [3.05, 3.63) is 75.2 Å². The Hall–Kier alpha value is -3.28. The van der Waals surface area contributed by atoms with Gasteiger partial charge in [0.2, 0.25) is 0 Å². The molecule has 0 radical (unpaired) electrons. The topological polar surface area (TPSA) is 76.3 Å². The number of carbonyl (C=O) groups is 1. The van der Waals surface area contributed by atoms with Crippen molar-refractivity contribution in [3.8, 4) is 0 Å². The third kappa shape index (κ3) is 4.77. The van der Waals surface area contributed by atoms with Gasteiger partial charge in [-0.15, -0.1) is 0 Å². The summed E-state index contributed by atoms with van der Waals surface area (Å²) in [6.45, 7) is 6.59. The number of hydrazone groups is 1. The first-order valence-corrected chi connectivity index (χ1v) is 9.91. The van der Waals surface area contributed by atoms with Crippen LogP contribution in [0.4, 0.5) is 0 Å². The molecule has 0 aliphatic heterocycles. The maximum atomic E-state index is 12.8. The van der Waals surface area contributed by atoms with Crippen LogP contribution in [0.1, 0.15) is 53.4 Å². The minimum atomic E-state index is -0.438. The first kappa shape index (κ1) is 20.5. The highest BCUT2D eigenvalue weighted by atomic mass is 16.2. The van der Waals surface area contributed by atoms with E-state index in [2.05, 4.69) is 22.5 Å². The lowest BCUT2D eigenvalue weighted by Crippen LogP contribution is -2.29. The number of rotatable bonds is 7. The Morgan fingerprint density at radius 1 is 1.14 bits per heavy atom. The Balaban J connectivity index is 1.90. The van der Waals surface area contributed by atoms with E-state index in [9.17, 15) is 9.59 Å². The number of hydrogen-bond donors (Lipinski definition) is 1. The Labute approximate surface area is 170 Å². The van der Waals surface area contributed by atoms with Crippen LogP contribution in [0.2, 0.25) is 0 Å². The lowest BCUT2D eigenvalue weighted by Gasteiger charge is -2.10. The molecule has 0 saturated heterocycles. The molecular formula is C23H26N4O2. The van der Waals surface area contributed by atoms with E-state index in [1.165, 1.54) is 4.68 Å². The SMILES string of the molecule is CCCCCn1nc(C(=O)N/N=C\c2cc(C)ccc2C)c2ccccc2c1=O. The van der Waals surface area contributed by atoms with Crippen molar-refractivity contribution in [3.63, 3.8) is 0 Å². The second-order valence-corrected chi connectivity index (χ2v) is 7.19. The molecular weight excluding hydrogens is 364 g/mol. The van der Waals surface area contributed by atoms with E-state index in [4.69, 9.17) is 0 Å². The number of carbonyl (C=O) groups excluding carboxylic acids is 1. The predicted molar refractivity (Wildman–Crippen MR) is 117 cm³/mol. The second-order valence-electron chi connectivity index (χ2n) is 7.19. The molecule has 0 fully saturated rings. The van der Waals surface area contributed by atoms with Gasteiger partial charge < -0.3 is 0 Å². The van der Waals surface area contributed by atoms with Crippen LogP contribution in [0.3, 0.4) is 0 Å². The van der Waals surface area contributed by atoms with Crippen LogP contribution in [0, 0.1) is 13.8 Å². The highest BCUT2D eigenvalue weighted by molar-refractivity contribution is 6.05. The molecule has 0 bridgehead atoms. The number of benzene rings is 2. The van der Waals surface area contributed by atoms with Crippen molar-refractivity contribution in [1.82, 2.24) is 15.2 Å². The molecule has 0 spiro atoms. The van der Waals surface area contributed by atoms with Crippen molar-refractivity contribution < 1.29 is 4.79 Å². The van der Waals surface area contributed by atoms with E-state index in [0.29, 0.717) is 17.3 Å². The third-order valence-electron chi connectivity index (χ3n) is 4.86. The number of aromatic nitrogens is 2. The Morgan fingerprint density at radius 3 is 2.66 bits per heavy atom. The van der Waals surface area contributed by atoms with Gasteiger partial charge in [0.15, 0.2) is 5.69 Å². The van der Waals surface area contributed by atoms with Crippen LogP contribution in [-0.4, -0.2) is 21.9 Å². The summed E-state index contributed by atoms with van der Waals surface area (Å²) in [6, 6.07) is 13.1. The lowest BCUT2D eigenvalue weighted by atomic mass is 10.1. The summed E-state index contributed by atoms with van der Waals surface area (Å²) in [7, 11) is 0. The molecule has 0 saturated carbocycles. The van der Waals surface area contributed by atoms with Gasteiger partial charge in [0, 0.05) is 11.9 Å². The first-order chi connectivity index (χ1) is 14.0. The molecule has 1 heterocycles. The fourth-order valence-electron chi connectivity index (χ4n) is 3.18. The van der Waals surface area contributed by atoms with Crippen LogP contribution in [-0.2, 0) is 6.54 Å². The zero-order valence-electron chi connectivity index (χ0n) is 17.1. The molecule has 0 unspecified atom stereocenters. The van der Waals surface area contributed by atoms with Crippen LogP contribution < -0.4 is 11.0 Å². The maximum Gasteiger partial charge on any atom is 0.292 e. The highest BCUT2D eigenvalue weighted by Crippen LogP contribution is 2.14. The van der Waals surface area contributed by atoms with Crippen molar-refractivity contribution in [2.24, 2.45) is 5.10 Å². The number of amides is 1. The molecule has 2 aromatic carbocycles. The molecule has 6 nitrogen and oxygen atoms in total. The lowest BCUT2D eigenvalue weighted by molar-refractivity contribution is 0.0949. The summed E-state index contributed by atoms with van der Waals surface area (Å²) < 4.78 is 1.39. The van der Waals surface area contributed by atoms with E-state index in [0.717, 1.165) is 36.0 Å². The van der Waals surface area contributed by atoms with E-state index < -0.39 is 5.91 Å². The van der Waals surface area contributed by atoms with Crippen molar-refractivity contribution in [2.45, 2.75) is 46.6 Å². The van der Waals surface area contributed by atoms with E-state index in [1.807, 2.05) is 32.0 Å². The van der Waals surface area contributed by atoms with Gasteiger partial charge in [-0.25, -0.2) is 10.1 Å². The smallest absolute Gasteiger partial charge is 0.267 e. The van der Waals surface area contributed by atoms with E-state index >= 15 is 0 Å². The summed E-state index contributed by atoms with van der Waals surface area (Å²) in [4.78, 5) is 25.5. The van der Waals surface area contributed by atoms with Crippen molar-refractivity contribution >= 4 is 22.9 Å². The zero-order chi connectivity index (χ0) is 20.8. The average Bonchev–Trinajstić information content (AvgIpc) is 2.72. The molecule has 1 aromatic heterocycles. The van der Waals surface area contributed by atoms with Gasteiger partial charge in [-0.05, 0) is 37.5 Å². The number of aryl methyl sites for hydroxylation is 3. The van der Waals surface area contributed by atoms with Gasteiger partial charge in [-0.1, -0.05) is 61.7 Å². The van der Waals surface area contributed by atoms with Crippen LogP contribution in [0.25, 0.3) is 10.8 Å². The van der Waals surface area contributed by atoms with Gasteiger partial charge in [-0.3, -0.25) is 9.59 Å². The predicted octanol–water partition coefficient (Wildman–Crippen LogP) is 3.97. The molecule has 1 amide bonds. The molecule has 0 aliphatic rings. The Kier molecular flexibility index (Phi) is 6.54. The quantitative estimate of drug-likeness (QED) is 0.377. The second kappa shape index (κ2) is 9.28. The molecule has 0 atom stereocenters. The number of hydrogen-bond acceptors (Lipinski definition) is 4. The minimum absolute atomic E-state index is 0.174. The number of nitrogens with zero attached hydrogens (tertiary/aromatic N) is 3. The molecule has 29 heavy (non-hydrogen) atoms. The summed E-state index contributed by atoms with van der Waals surface area (Å²) in [5.74, 6) is -0.438. The van der Waals surface area contributed by atoms with Gasteiger partial charge in [-0.2, -0.15) is 10.2 Å². The standard InChI is InChI=1S/C23H26N4O2/c1-4-5-8-13-27-23(29)20-10-7-6-9-19(20)21(26-27)22(28)25-24-15-18-14-16(2)11-12-17(18)3/h6-7,9-12,14-15H,4-5,8,13H2,1-3H3,(H,25,28)/b24-15-. The molecule has 1 N–H and O–H groups in total. The third-order valence-corrected chi connectivity index (χ3v) is 4.86. The fraction of sp³-hybridized carbons (Fsp3) is 0.304. The minimum Gasteiger partial charge on any atom is -0.267 e. The van der Waals surface area contributed by atoms with Gasteiger partial charge in [0.25, 0.3) is 11.5 Å². The van der Waals surface area contributed by atoms with Crippen LogP contribution in [0.5, 0.6) is 0 Å². The summed E-state index contributed by atoms with van der Waals surface area (Å²) >= 11 is 0. The number of unbranched alkanes of at least 4 members (excludes halogenated alkanes) is 2. The largest absolute Gasteiger partial charge is 0.292 e. The number of fused-ring (bicyclic) bond motifs is 1. The van der Waals surface area contributed by atoms with Gasteiger partial charge in [0.1, 0.15) is 0 Å². The average molecular weight is 390 g/mol. The van der Waals surface area contributed by atoms with Crippen LogP contribution in [0.15, 0.2) is 52.4 Å². The first-order valence-electron chi connectivity index (χ1n) is 9.91. The van der Waals surface area contributed by atoms with Gasteiger partial charge in [0.05, 0.1) is 11.6 Å². The van der Waals surface area contributed by atoms with Crippen molar-refractivity contribution in [1.29, 1.82) is 0 Å². The summed E-state index contributed by atoms with van der Waals surface area (Å²) in [5, 5.41) is 9.47. The molecule has 3 rings (SSSR count). The van der Waals surface area contributed by atoms with E-state index in [1.54, 1.807) is 30.5 Å². The normalized spacial score (nSPS) is 11.3. The highest BCUT2D eigenvalue weighted by Gasteiger charge is 2.16. The maximum absolute atomic E-state index is 12.8. The molecule has 3 aromatic rings. The Morgan fingerprint density at radius 2 is 1.90 bits per heavy atom. The summed E-state index contributed by atoms with van der Waals surface area (Å²) in [5.41, 5.74) is 5.71. The fourth-order valence-corrected chi connectivity index (χ4v) is 3.18. The van der Waals surface area contributed by atoms with E-state index in [-0.39, 0.29) is 11.3 Å². The molecule has 6 heteroatoms. The molecule has 0 aliphatic carbocycles. The van der Waals surface area contributed by atoms with Crippen LogP contribution >= 0.6 is 0 Å². The monoisotopic (exact) mass is 390 g/mol. The van der Waals surface area contributed by atoms with Crippen molar-refractivity contribution in [2.75, 3.05) is 0 Å². The summed E-state index contributed by atoms with van der Waals surface area (Å²) in [6.07, 6.45) is 4.51. The van der Waals surface area contributed by atoms with Gasteiger partial charge >= 0.3 is 0 Å². The number of nitrogens with one attached hydrogen (secondary N) is 1.